The summed E-state index contributed by atoms with van der Waals surface area (Å²) in [6.07, 6.45) is 26.3. The van der Waals surface area contributed by atoms with Crippen molar-refractivity contribution in [1.82, 2.24) is 0 Å². The molecule has 1 aromatic carbocycles. The van der Waals surface area contributed by atoms with E-state index in [4.69, 9.17) is 0 Å². The van der Waals surface area contributed by atoms with Crippen LogP contribution in [0.2, 0.25) is 0 Å². The molecular formula is C24H26O2. The highest BCUT2D eigenvalue weighted by Gasteiger charge is 2.14. The highest BCUT2D eigenvalue weighted by Crippen LogP contribution is 2.25. The third-order valence-electron chi connectivity index (χ3n) is 4.21. The van der Waals surface area contributed by atoms with E-state index in [0.717, 1.165) is 12.8 Å². The SMILES string of the molecule is COC(=O)/C=C/C[C@H]1\C=C/C=C\C=C/[C@@H]1C/C=C/C=C/c1ccccc1. The molecule has 134 valence electrons. The minimum absolute atomic E-state index is 0.308. The van der Waals surface area contributed by atoms with Crippen molar-refractivity contribution in [3.8, 4) is 0 Å². The van der Waals surface area contributed by atoms with E-state index in [2.05, 4.69) is 65.5 Å². The molecule has 0 saturated heterocycles. The quantitative estimate of drug-likeness (QED) is 0.361. The minimum Gasteiger partial charge on any atom is -0.466 e. The molecule has 1 aromatic rings. The van der Waals surface area contributed by atoms with Gasteiger partial charge < -0.3 is 4.74 Å². The summed E-state index contributed by atoms with van der Waals surface area (Å²) < 4.78 is 4.65. The fourth-order valence-corrected chi connectivity index (χ4v) is 2.77. The average molecular weight is 346 g/mol. The van der Waals surface area contributed by atoms with Crippen molar-refractivity contribution < 1.29 is 9.53 Å². The molecule has 2 rings (SSSR count). The van der Waals surface area contributed by atoms with Gasteiger partial charge >= 0.3 is 5.97 Å². The second kappa shape index (κ2) is 11.6. The van der Waals surface area contributed by atoms with Crippen molar-refractivity contribution in [3.63, 3.8) is 0 Å². The lowest BCUT2D eigenvalue weighted by Crippen LogP contribution is -2.10. The summed E-state index contributed by atoms with van der Waals surface area (Å²) in [4.78, 5) is 11.2. The molecule has 0 saturated carbocycles. The molecule has 0 amide bonds. The van der Waals surface area contributed by atoms with E-state index in [1.54, 1.807) is 0 Å². The standard InChI is InChI=1S/C24H26O2/c1-26-24(25)20-12-19-23-17-10-3-2-9-16-22(23)18-11-5-8-15-21-13-6-4-7-14-21/h2-17,20,22-23H,18-19H2,1H3/b3-2-,11-5+,15-8+,16-9-,17-10-,20-12+/t22-,23-/m1/s1. The zero-order valence-electron chi connectivity index (χ0n) is 15.2. The van der Waals surface area contributed by atoms with Gasteiger partial charge in [-0.2, -0.15) is 0 Å². The molecule has 1 aliphatic rings. The molecule has 0 spiro atoms. The van der Waals surface area contributed by atoms with E-state index in [-0.39, 0.29) is 5.97 Å². The minimum atomic E-state index is -0.308. The van der Waals surface area contributed by atoms with Gasteiger partial charge in [0.2, 0.25) is 0 Å². The molecule has 0 heterocycles. The van der Waals surface area contributed by atoms with Gasteiger partial charge in [-0.25, -0.2) is 4.79 Å². The molecule has 0 aromatic heterocycles. The van der Waals surface area contributed by atoms with Gasteiger partial charge in [0.15, 0.2) is 0 Å². The van der Waals surface area contributed by atoms with Crippen LogP contribution in [-0.4, -0.2) is 13.1 Å². The Morgan fingerprint density at radius 2 is 1.58 bits per heavy atom. The van der Waals surface area contributed by atoms with Gasteiger partial charge in [-0.1, -0.05) is 97.2 Å². The summed E-state index contributed by atoms with van der Waals surface area (Å²) in [5.41, 5.74) is 1.20. The zero-order valence-corrected chi connectivity index (χ0v) is 15.2. The van der Waals surface area contributed by atoms with Crippen LogP contribution in [0.4, 0.5) is 0 Å². The largest absolute Gasteiger partial charge is 0.466 e. The van der Waals surface area contributed by atoms with Crippen LogP contribution in [0.25, 0.3) is 6.08 Å². The normalized spacial score (nSPS) is 23.7. The van der Waals surface area contributed by atoms with Gasteiger partial charge in [-0.3, -0.25) is 0 Å². The lowest BCUT2D eigenvalue weighted by molar-refractivity contribution is -0.134. The summed E-state index contributed by atoms with van der Waals surface area (Å²) >= 11 is 0. The number of hydrogen-bond acceptors (Lipinski definition) is 2. The van der Waals surface area contributed by atoms with E-state index in [0.29, 0.717) is 11.8 Å². The summed E-state index contributed by atoms with van der Waals surface area (Å²) in [5, 5.41) is 0. The first-order chi connectivity index (χ1) is 12.8. The highest BCUT2D eigenvalue weighted by molar-refractivity contribution is 5.81. The first kappa shape index (κ1) is 19.5. The van der Waals surface area contributed by atoms with Crippen LogP contribution >= 0.6 is 0 Å². The number of benzene rings is 1. The van der Waals surface area contributed by atoms with Crippen LogP contribution in [0.15, 0.2) is 97.2 Å². The fourth-order valence-electron chi connectivity index (χ4n) is 2.77. The van der Waals surface area contributed by atoms with Crippen molar-refractivity contribution in [2.45, 2.75) is 12.8 Å². The maximum Gasteiger partial charge on any atom is 0.330 e. The number of allylic oxidation sites excluding steroid dienone is 10. The van der Waals surface area contributed by atoms with Gasteiger partial charge in [-0.05, 0) is 30.2 Å². The van der Waals surface area contributed by atoms with Crippen molar-refractivity contribution in [1.29, 1.82) is 0 Å². The van der Waals surface area contributed by atoms with Crippen LogP contribution in [-0.2, 0) is 9.53 Å². The van der Waals surface area contributed by atoms with Crippen LogP contribution < -0.4 is 0 Å². The number of esters is 1. The monoisotopic (exact) mass is 346 g/mol. The maximum atomic E-state index is 11.2. The summed E-state index contributed by atoms with van der Waals surface area (Å²) in [7, 11) is 1.40. The van der Waals surface area contributed by atoms with Gasteiger partial charge in [-0.15, -0.1) is 0 Å². The van der Waals surface area contributed by atoms with E-state index in [1.165, 1.54) is 18.7 Å². The summed E-state index contributed by atoms with van der Waals surface area (Å²) in [6, 6.07) is 10.3. The van der Waals surface area contributed by atoms with Crippen molar-refractivity contribution in [2.24, 2.45) is 11.8 Å². The number of ether oxygens (including phenoxy) is 1. The van der Waals surface area contributed by atoms with E-state index < -0.39 is 0 Å². The average Bonchev–Trinajstić information content (AvgIpc) is 2.65. The smallest absolute Gasteiger partial charge is 0.330 e. The van der Waals surface area contributed by atoms with Crippen LogP contribution in [0.5, 0.6) is 0 Å². The van der Waals surface area contributed by atoms with Gasteiger partial charge in [0, 0.05) is 6.08 Å². The summed E-state index contributed by atoms with van der Waals surface area (Å²) in [6.45, 7) is 0. The molecule has 0 bridgehead atoms. The number of hydrogen-bond donors (Lipinski definition) is 0. The van der Waals surface area contributed by atoms with Crippen LogP contribution in [0.1, 0.15) is 18.4 Å². The predicted molar refractivity (Wildman–Crippen MR) is 109 cm³/mol. The van der Waals surface area contributed by atoms with E-state index in [9.17, 15) is 4.79 Å². The van der Waals surface area contributed by atoms with Crippen molar-refractivity contribution in [2.75, 3.05) is 7.11 Å². The lowest BCUT2D eigenvalue weighted by atomic mass is 9.85. The molecule has 1 aliphatic carbocycles. The number of rotatable bonds is 7. The Labute approximate surface area is 156 Å². The molecule has 0 unspecified atom stereocenters. The molecule has 26 heavy (non-hydrogen) atoms. The van der Waals surface area contributed by atoms with E-state index in [1.807, 2.05) is 36.4 Å². The second-order valence-electron chi connectivity index (χ2n) is 6.08. The first-order valence-corrected chi connectivity index (χ1v) is 8.94. The third kappa shape index (κ3) is 7.35. The van der Waals surface area contributed by atoms with Gasteiger partial charge in [0.05, 0.1) is 7.11 Å². The molecule has 2 heteroatoms. The topological polar surface area (TPSA) is 26.3 Å². The van der Waals surface area contributed by atoms with Crippen LogP contribution in [0, 0.1) is 11.8 Å². The Kier molecular flexibility index (Phi) is 8.71. The van der Waals surface area contributed by atoms with E-state index >= 15 is 0 Å². The molecular weight excluding hydrogens is 320 g/mol. The van der Waals surface area contributed by atoms with Crippen molar-refractivity contribution in [3.05, 3.63) is 103 Å². The molecule has 0 fully saturated rings. The fraction of sp³-hybridized carbons (Fsp3) is 0.208. The Bertz CT molecular complexity index is 718. The molecule has 0 radical (unpaired) electrons. The number of methoxy groups -OCH3 is 1. The Balaban J connectivity index is 1.95. The Morgan fingerprint density at radius 1 is 0.923 bits per heavy atom. The number of carbonyl (C=O) groups excluding carboxylic acids is 1. The predicted octanol–water partition coefficient (Wildman–Crippen LogP) is 5.68. The van der Waals surface area contributed by atoms with Gasteiger partial charge in [0.1, 0.15) is 0 Å². The molecule has 0 N–H and O–H groups in total. The lowest BCUT2D eigenvalue weighted by Gasteiger charge is -2.20. The maximum absolute atomic E-state index is 11.2. The van der Waals surface area contributed by atoms with Crippen molar-refractivity contribution >= 4 is 12.0 Å². The number of carbonyl (C=O) groups is 1. The molecule has 2 nitrogen and oxygen atoms in total. The molecule has 0 aliphatic heterocycles. The Hall–Kier alpha value is -2.87. The second-order valence-corrected chi connectivity index (χ2v) is 6.08. The molecule has 2 atom stereocenters. The zero-order chi connectivity index (χ0) is 18.5. The first-order valence-electron chi connectivity index (χ1n) is 8.94. The Morgan fingerprint density at radius 3 is 2.23 bits per heavy atom. The van der Waals surface area contributed by atoms with Crippen LogP contribution in [0.3, 0.4) is 0 Å². The highest BCUT2D eigenvalue weighted by atomic mass is 16.5. The van der Waals surface area contributed by atoms with Gasteiger partial charge in [0.25, 0.3) is 0 Å². The summed E-state index contributed by atoms with van der Waals surface area (Å²) in [5.74, 6) is 0.428. The third-order valence-corrected chi connectivity index (χ3v) is 4.21.